The molecule has 8 nitrogen and oxygen atoms in total. The van der Waals surface area contributed by atoms with Crippen molar-refractivity contribution in [3.8, 4) is 0 Å². The molecule has 2 amide bonds. The third-order valence-corrected chi connectivity index (χ3v) is 5.09. The molecule has 2 N–H and O–H groups in total. The molecular formula is C20H25N5O3. The molecule has 148 valence electrons. The highest BCUT2D eigenvalue weighted by Gasteiger charge is 2.26. The number of anilines is 1. The maximum atomic E-state index is 12.4. The van der Waals surface area contributed by atoms with E-state index in [1.807, 2.05) is 31.0 Å². The fraction of sp³-hybridized carbons (Fsp3) is 0.400. The van der Waals surface area contributed by atoms with E-state index in [2.05, 4.69) is 20.4 Å². The van der Waals surface area contributed by atoms with Gasteiger partial charge in [0.1, 0.15) is 0 Å². The van der Waals surface area contributed by atoms with Crippen molar-refractivity contribution >= 4 is 17.8 Å². The van der Waals surface area contributed by atoms with E-state index in [0.29, 0.717) is 25.7 Å². The topological polar surface area (TPSA) is 98.7 Å². The Hall–Kier alpha value is -3.16. The predicted octanol–water partition coefficient (Wildman–Crippen LogP) is 2.29. The van der Waals surface area contributed by atoms with Crippen LogP contribution in [-0.4, -0.2) is 58.4 Å². The molecule has 1 fully saturated rings. The average molecular weight is 383 g/mol. The van der Waals surface area contributed by atoms with E-state index < -0.39 is 5.97 Å². The molecule has 0 bridgehead atoms. The number of aromatic nitrogens is 2. The first-order valence-electron chi connectivity index (χ1n) is 9.32. The summed E-state index contributed by atoms with van der Waals surface area (Å²) in [6, 6.07) is 10.7. The Morgan fingerprint density at radius 2 is 1.82 bits per heavy atom. The molecule has 8 heteroatoms. The summed E-state index contributed by atoms with van der Waals surface area (Å²) in [7, 11) is 2.01. The van der Waals surface area contributed by atoms with Gasteiger partial charge in [-0.3, -0.25) is 0 Å². The molecule has 1 aromatic carbocycles. The van der Waals surface area contributed by atoms with Gasteiger partial charge in [0.15, 0.2) is 5.82 Å². The van der Waals surface area contributed by atoms with E-state index in [4.69, 9.17) is 5.11 Å². The van der Waals surface area contributed by atoms with E-state index >= 15 is 0 Å². The number of carboxylic acid groups (broad SMARTS) is 1. The van der Waals surface area contributed by atoms with Gasteiger partial charge in [-0.05, 0) is 49.6 Å². The Labute approximate surface area is 164 Å². The van der Waals surface area contributed by atoms with Crippen molar-refractivity contribution in [1.29, 1.82) is 0 Å². The summed E-state index contributed by atoms with van der Waals surface area (Å²) in [6.45, 7) is 3.64. The van der Waals surface area contributed by atoms with Crippen LogP contribution in [-0.2, 0) is 6.54 Å². The van der Waals surface area contributed by atoms with Crippen LogP contribution >= 0.6 is 0 Å². The van der Waals surface area contributed by atoms with E-state index in [-0.39, 0.29) is 11.6 Å². The van der Waals surface area contributed by atoms with Crippen LogP contribution in [0, 0.1) is 6.92 Å². The minimum atomic E-state index is -0.958. The van der Waals surface area contributed by atoms with Crippen LogP contribution < -0.4 is 10.2 Å². The smallest absolute Gasteiger partial charge is 0.335 e. The second-order valence-electron chi connectivity index (χ2n) is 7.02. The van der Waals surface area contributed by atoms with Gasteiger partial charge in [0.05, 0.1) is 11.3 Å². The highest BCUT2D eigenvalue weighted by Crippen LogP contribution is 2.20. The number of aromatic carboxylic acids is 1. The van der Waals surface area contributed by atoms with Crippen molar-refractivity contribution in [3.05, 3.63) is 53.2 Å². The molecule has 1 saturated heterocycles. The largest absolute Gasteiger partial charge is 0.478 e. The first kappa shape index (κ1) is 19.6. The summed E-state index contributed by atoms with van der Waals surface area (Å²) in [6.07, 6.45) is 1.74. The number of carbonyl (C=O) groups is 2. The number of amides is 2. The molecule has 1 aromatic heterocycles. The lowest BCUT2D eigenvalue weighted by molar-refractivity contribution is 0.0697. The molecule has 0 atom stereocenters. The van der Waals surface area contributed by atoms with Crippen LogP contribution in [0.2, 0.25) is 0 Å². The van der Waals surface area contributed by atoms with Crippen molar-refractivity contribution in [1.82, 2.24) is 20.4 Å². The number of nitrogens with zero attached hydrogens (tertiary/aromatic N) is 4. The molecular weight excluding hydrogens is 358 g/mol. The summed E-state index contributed by atoms with van der Waals surface area (Å²) in [5.74, 6) is -0.113. The summed E-state index contributed by atoms with van der Waals surface area (Å²) in [4.78, 5) is 27.2. The Kier molecular flexibility index (Phi) is 6.08. The number of nitrogens with one attached hydrogen (secondary N) is 1. The highest BCUT2D eigenvalue weighted by molar-refractivity contribution is 5.87. The van der Waals surface area contributed by atoms with Crippen molar-refractivity contribution < 1.29 is 14.7 Å². The van der Waals surface area contributed by atoms with Crippen LogP contribution in [0.3, 0.4) is 0 Å². The van der Waals surface area contributed by atoms with Gasteiger partial charge in [-0.1, -0.05) is 12.1 Å². The first-order chi connectivity index (χ1) is 13.4. The lowest BCUT2D eigenvalue weighted by Crippen LogP contribution is -2.48. The SMILES string of the molecule is Cc1ccc(N(C)C2CCN(C(=O)NCc3ccc(C(=O)O)cc3)CC2)nn1. The normalized spacial score (nSPS) is 14.6. The van der Waals surface area contributed by atoms with Gasteiger partial charge in [0.25, 0.3) is 0 Å². The number of carbonyl (C=O) groups excluding carboxylic acids is 1. The average Bonchev–Trinajstić information content (AvgIpc) is 2.72. The van der Waals surface area contributed by atoms with E-state index in [1.54, 1.807) is 24.3 Å². The standard InChI is InChI=1S/C20H25N5O3/c1-14-3-8-18(23-22-14)24(2)17-9-11-25(12-10-17)20(28)21-13-15-4-6-16(7-5-15)19(26)27/h3-8,17H,9-13H2,1-2H3,(H,21,28)(H,26,27). The van der Waals surface area contributed by atoms with Crippen LogP contribution in [0.1, 0.15) is 34.5 Å². The number of piperidine rings is 1. The predicted molar refractivity (Wildman–Crippen MR) is 105 cm³/mol. The Morgan fingerprint density at radius 1 is 1.14 bits per heavy atom. The maximum Gasteiger partial charge on any atom is 0.335 e. The molecule has 28 heavy (non-hydrogen) atoms. The molecule has 0 saturated carbocycles. The Morgan fingerprint density at radius 3 is 2.39 bits per heavy atom. The fourth-order valence-corrected chi connectivity index (χ4v) is 3.28. The maximum absolute atomic E-state index is 12.4. The number of rotatable bonds is 5. The van der Waals surface area contributed by atoms with Crippen LogP contribution in [0.15, 0.2) is 36.4 Å². The number of urea groups is 1. The number of benzene rings is 1. The molecule has 2 heterocycles. The zero-order chi connectivity index (χ0) is 20.1. The first-order valence-corrected chi connectivity index (χ1v) is 9.32. The monoisotopic (exact) mass is 383 g/mol. The molecule has 2 aromatic rings. The summed E-state index contributed by atoms with van der Waals surface area (Å²) < 4.78 is 0. The van der Waals surface area contributed by atoms with Crippen LogP contribution in [0.4, 0.5) is 10.6 Å². The zero-order valence-corrected chi connectivity index (χ0v) is 16.1. The summed E-state index contributed by atoms with van der Waals surface area (Å²) in [5, 5.41) is 20.2. The number of hydrogen-bond donors (Lipinski definition) is 2. The lowest BCUT2D eigenvalue weighted by Gasteiger charge is -2.37. The van der Waals surface area contributed by atoms with Crippen molar-refractivity contribution in [2.24, 2.45) is 0 Å². The van der Waals surface area contributed by atoms with E-state index in [1.165, 1.54) is 0 Å². The van der Waals surface area contributed by atoms with Crippen molar-refractivity contribution in [3.63, 3.8) is 0 Å². The highest BCUT2D eigenvalue weighted by atomic mass is 16.4. The van der Waals surface area contributed by atoms with Gasteiger partial charge in [-0.2, -0.15) is 5.10 Å². The number of hydrogen-bond acceptors (Lipinski definition) is 5. The third-order valence-electron chi connectivity index (χ3n) is 5.09. The lowest BCUT2D eigenvalue weighted by atomic mass is 10.0. The molecule has 1 aliphatic heterocycles. The van der Waals surface area contributed by atoms with Crippen molar-refractivity contribution in [2.45, 2.75) is 32.4 Å². The van der Waals surface area contributed by atoms with Gasteiger partial charge in [0.2, 0.25) is 0 Å². The van der Waals surface area contributed by atoms with Crippen molar-refractivity contribution in [2.75, 3.05) is 25.0 Å². The van der Waals surface area contributed by atoms with Gasteiger partial charge in [-0.25, -0.2) is 9.59 Å². The van der Waals surface area contributed by atoms with Gasteiger partial charge >= 0.3 is 12.0 Å². The minimum Gasteiger partial charge on any atom is -0.478 e. The second kappa shape index (κ2) is 8.69. The summed E-state index contributed by atoms with van der Waals surface area (Å²) in [5.41, 5.74) is 1.99. The molecule has 0 aliphatic carbocycles. The minimum absolute atomic E-state index is 0.0986. The van der Waals surface area contributed by atoms with Gasteiger partial charge < -0.3 is 20.2 Å². The molecule has 0 radical (unpaired) electrons. The second-order valence-corrected chi connectivity index (χ2v) is 7.02. The van der Waals surface area contributed by atoms with E-state index in [0.717, 1.165) is 29.9 Å². The van der Waals surface area contributed by atoms with Crippen LogP contribution in [0.5, 0.6) is 0 Å². The molecule has 1 aliphatic rings. The summed E-state index contributed by atoms with van der Waals surface area (Å²) >= 11 is 0. The van der Waals surface area contributed by atoms with Gasteiger partial charge in [-0.15, -0.1) is 5.10 Å². The number of carboxylic acids is 1. The third kappa shape index (κ3) is 4.76. The zero-order valence-electron chi connectivity index (χ0n) is 16.1. The quantitative estimate of drug-likeness (QED) is 0.822. The molecule has 3 rings (SSSR count). The molecule has 0 unspecified atom stereocenters. The van der Waals surface area contributed by atoms with Gasteiger partial charge in [0, 0.05) is 32.7 Å². The fourth-order valence-electron chi connectivity index (χ4n) is 3.28. The van der Waals surface area contributed by atoms with E-state index in [9.17, 15) is 9.59 Å². The van der Waals surface area contributed by atoms with Crippen LogP contribution in [0.25, 0.3) is 0 Å². The molecule has 0 spiro atoms. The number of aryl methyl sites for hydroxylation is 1. The Balaban J connectivity index is 1.46. The number of likely N-dealkylation sites (tertiary alicyclic amines) is 1. The Bertz CT molecular complexity index is 815.